The molecule has 0 atom stereocenters. The molecule has 0 fully saturated rings. The molecule has 70 valence electrons. The largest absolute Gasteiger partial charge is 0.338 e. The van der Waals surface area contributed by atoms with E-state index in [-0.39, 0.29) is 11.0 Å². The van der Waals surface area contributed by atoms with Gasteiger partial charge in [-0.3, -0.25) is 4.79 Å². The second kappa shape index (κ2) is 2.96. The van der Waals surface area contributed by atoms with Crippen LogP contribution in [0.25, 0.3) is 10.2 Å². The molecule has 0 unspecified atom stereocenters. The van der Waals surface area contributed by atoms with E-state index in [0.29, 0.717) is 5.39 Å². The molecule has 0 bridgehead atoms. The monoisotopic (exact) mass is 204 g/mol. The van der Waals surface area contributed by atoms with Crippen LogP contribution in [0.3, 0.4) is 0 Å². The first kappa shape index (κ1) is 8.97. The Kier molecular flexibility index (Phi) is 1.90. The molecule has 0 amide bonds. The first-order valence-corrected chi connectivity index (χ1v) is 5.01. The van der Waals surface area contributed by atoms with E-state index in [0.717, 1.165) is 10.5 Å². The Balaban J connectivity index is 3.12. The minimum atomic E-state index is -0.153. The van der Waals surface area contributed by atoms with Gasteiger partial charge in [-0.2, -0.15) is 5.26 Å². The standard InChI is InChI=1S/C10H8N2OS/c1-6-8(5-11)9(13)7-3-4-14-10(7)12(6)2/h3-4H,1-2H3. The Morgan fingerprint density at radius 1 is 1.57 bits per heavy atom. The van der Waals surface area contributed by atoms with E-state index in [2.05, 4.69) is 0 Å². The summed E-state index contributed by atoms with van der Waals surface area (Å²) in [6.07, 6.45) is 0. The molecule has 2 rings (SSSR count). The molecule has 0 aromatic carbocycles. The number of aromatic nitrogens is 1. The average Bonchev–Trinajstić information content (AvgIpc) is 2.64. The van der Waals surface area contributed by atoms with Crippen LogP contribution in [-0.4, -0.2) is 4.57 Å². The highest BCUT2D eigenvalue weighted by Gasteiger charge is 2.11. The molecule has 0 spiro atoms. The number of pyridine rings is 1. The highest BCUT2D eigenvalue weighted by Crippen LogP contribution is 2.19. The predicted molar refractivity (Wildman–Crippen MR) is 56.5 cm³/mol. The second-order valence-corrected chi connectivity index (χ2v) is 3.99. The lowest BCUT2D eigenvalue weighted by molar-refractivity contribution is 0.901. The molecule has 14 heavy (non-hydrogen) atoms. The number of rotatable bonds is 0. The zero-order chi connectivity index (χ0) is 10.3. The van der Waals surface area contributed by atoms with E-state index in [1.54, 1.807) is 13.0 Å². The first-order valence-electron chi connectivity index (χ1n) is 4.13. The lowest BCUT2D eigenvalue weighted by Crippen LogP contribution is -2.13. The quantitative estimate of drug-likeness (QED) is 0.656. The number of nitriles is 1. The van der Waals surface area contributed by atoms with Crippen molar-refractivity contribution in [2.24, 2.45) is 7.05 Å². The number of nitrogens with zero attached hydrogens (tertiary/aromatic N) is 2. The predicted octanol–water partition coefficient (Wildman–Crippen LogP) is 1.78. The van der Waals surface area contributed by atoms with Gasteiger partial charge >= 0.3 is 0 Å². The van der Waals surface area contributed by atoms with Crippen LogP contribution in [0.2, 0.25) is 0 Å². The molecule has 0 aliphatic rings. The van der Waals surface area contributed by atoms with Crippen LogP contribution in [0.15, 0.2) is 16.2 Å². The van der Waals surface area contributed by atoms with E-state index in [1.165, 1.54) is 11.3 Å². The summed E-state index contributed by atoms with van der Waals surface area (Å²) in [6.45, 7) is 1.79. The molecule has 0 saturated heterocycles. The van der Waals surface area contributed by atoms with Crippen LogP contribution in [0.5, 0.6) is 0 Å². The van der Waals surface area contributed by atoms with Crippen LogP contribution in [-0.2, 0) is 7.05 Å². The normalized spacial score (nSPS) is 10.4. The summed E-state index contributed by atoms with van der Waals surface area (Å²) in [4.78, 5) is 12.7. The number of fused-ring (bicyclic) bond motifs is 1. The lowest BCUT2D eigenvalue weighted by atomic mass is 10.1. The van der Waals surface area contributed by atoms with Gasteiger partial charge in [0, 0.05) is 12.7 Å². The van der Waals surface area contributed by atoms with Crippen LogP contribution in [0.4, 0.5) is 0 Å². The van der Waals surface area contributed by atoms with Gasteiger partial charge in [-0.05, 0) is 18.4 Å². The molecule has 0 saturated carbocycles. The summed E-state index contributed by atoms with van der Waals surface area (Å²) in [6, 6.07) is 3.72. The van der Waals surface area contributed by atoms with Crippen molar-refractivity contribution in [3.63, 3.8) is 0 Å². The molecule has 3 nitrogen and oxygen atoms in total. The van der Waals surface area contributed by atoms with Gasteiger partial charge in [0.2, 0.25) is 5.43 Å². The summed E-state index contributed by atoms with van der Waals surface area (Å²) in [5, 5.41) is 11.4. The number of thiophene rings is 1. The number of aryl methyl sites for hydroxylation is 1. The van der Waals surface area contributed by atoms with Crippen molar-refractivity contribution in [1.29, 1.82) is 5.26 Å². The molecule has 2 aromatic rings. The van der Waals surface area contributed by atoms with E-state index in [1.807, 2.05) is 23.1 Å². The van der Waals surface area contributed by atoms with E-state index < -0.39 is 0 Å². The molecular formula is C10H8N2OS. The Morgan fingerprint density at radius 2 is 2.29 bits per heavy atom. The maximum atomic E-state index is 11.8. The van der Waals surface area contributed by atoms with Gasteiger partial charge in [0.25, 0.3) is 0 Å². The lowest BCUT2D eigenvalue weighted by Gasteiger charge is -2.06. The molecule has 2 heterocycles. The Labute approximate surface area is 84.8 Å². The zero-order valence-corrected chi connectivity index (χ0v) is 8.68. The summed E-state index contributed by atoms with van der Waals surface area (Å²) in [5.74, 6) is 0. The Morgan fingerprint density at radius 3 is 2.93 bits per heavy atom. The summed E-state index contributed by atoms with van der Waals surface area (Å²) < 4.78 is 1.89. The summed E-state index contributed by atoms with van der Waals surface area (Å²) >= 11 is 1.52. The van der Waals surface area contributed by atoms with E-state index in [9.17, 15) is 4.79 Å². The summed E-state index contributed by atoms with van der Waals surface area (Å²) in [5.41, 5.74) is 0.824. The van der Waals surface area contributed by atoms with E-state index in [4.69, 9.17) is 5.26 Å². The fraction of sp³-hybridized carbons (Fsp3) is 0.200. The molecule has 0 N–H and O–H groups in total. The second-order valence-electron chi connectivity index (χ2n) is 3.10. The average molecular weight is 204 g/mol. The van der Waals surface area contributed by atoms with Crippen LogP contribution in [0.1, 0.15) is 11.3 Å². The molecule has 0 aliphatic heterocycles. The maximum absolute atomic E-state index is 11.8. The molecule has 4 heteroatoms. The molecule has 0 radical (unpaired) electrons. The Hall–Kier alpha value is -1.60. The minimum Gasteiger partial charge on any atom is -0.338 e. The van der Waals surface area contributed by atoms with Crippen molar-refractivity contribution in [1.82, 2.24) is 4.57 Å². The van der Waals surface area contributed by atoms with Crippen molar-refractivity contribution < 1.29 is 0 Å². The zero-order valence-electron chi connectivity index (χ0n) is 7.87. The number of hydrogen-bond acceptors (Lipinski definition) is 3. The highest BCUT2D eigenvalue weighted by molar-refractivity contribution is 7.16. The van der Waals surface area contributed by atoms with Gasteiger partial charge in [-0.25, -0.2) is 0 Å². The molecule has 2 aromatic heterocycles. The first-order chi connectivity index (χ1) is 6.66. The van der Waals surface area contributed by atoms with Crippen molar-refractivity contribution in [3.8, 4) is 6.07 Å². The van der Waals surface area contributed by atoms with Crippen molar-refractivity contribution in [2.75, 3.05) is 0 Å². The van der Waals surface area contributed by atoms with Crippen molar-refractivity contribution in [3.05, 3.63) is 32.9 Å². The fourth-order valence-corrected chi connectivity index (χ4v) is 2.40. The SMILES string of the molecule is Cc1c(C#N)c(=O)c2ccsc2n1C. The third-order valence-electron chi connectivity index (χ3n) is 2.40. The van der Waals surface area contributed by atoms with Crippen molar-refractivity contribution >= 4 is 21.6 Å². The van der Waals surface area contributed by atoms with E-state index >= 15 is 0 Å². The maximum Gasteiger partial charge on any atom is 0.208 e. The molecular weight excluding hydrogens is 196 g/mol. The fourth-order valence-electron chi connectivity index (χ4n) is 1.48. The van der Waals surface area contributed by atoms with Gasteiger partial charge in [0.05, 0.1) is 5.39 Å². The topological polar surface area (TPSA) is 45.8 Å². The van der Waals surface area contributed by atoms with Crippen LogP contribution in [0, 0.1) is 18.3 Å². The van der Waals surface area contributed by atoms with Gasteiger partial charge < -0.3 is 4.57 Å². The summed E-state index contributed by atoms with van der Waals surface area (Å²) in [7, 11) is 1.87. The highest BCUT2D eigenvalue weighted by atomic mass is 32.1. The Bertz CT molecular complexity index is 601. The smallest absolute Gasteiger partial charge is 0.208 e. The van der Waals surface area contributed by atoms with Crippen LogP contribution >= 0.6 is 11.3 Å². The van der Waals surface area contributed by atoms with Gasteiger partial charge in [0.15, 0.2) is 0 Å². The van der Waals surface area contributed by atoms with Gasteiger partial charge in [-0.15, -0.1) is 11.3 Å². The van der Waals surface area contributed by atoms with Gasteiger partial charge in [0.1, 0.15) is 16.5 Å². The third-order valence-corrected chi connectivity index (χ3v) is 3.39. The minimum absolute atomic E-state index is 0.153. The number of hydrogen-bond donors (Lipinski definition) is 0. The van der Waals surface area contributed by atoms with Crippen molar-refractivity contribution in [2.45, 2.75) is 6.92 Å². The van der Waals surface area contributed by atoms with Crippen LogP contribution < -0.4 is 5.43 Å². The van der Waals surface area contributed by atoms with Gasteiger partial charge in [-0.1, -0.05) is 0 Å². The molecule has 0 aliphatic carbocycles. The third kappa shape index (κ3) is 0.994.